The van der Waals surface area contributed by atoms with Crippen LogP contribution in [0.25, 0.3) is 11.4 Å². The molecule has 3 aromatic rings. The number of nitriles is 1. The van der Waals surface area contributed by atoms with Crippen molar-refractivity contribution in [3.8, 4) is 17.5 Å². The fourth-order valence-electron chi connectivity index (χ4n) is 3.64. The largest absolute Gasteiger partial charge is 0.338 e. The molecule has 0 aromatic carbocycles. The molecule has 1 amide bonds. The molecule has 1 fully saturated rings. The lowest BCUT2D eigenvalue weighted by atomic mass is 9.88. The minimum Gasteiger partial charge on any atom is -0.338 e. The Balaban J connectivity index is 1.47. The van der Waals surface area contributed by atoms with E-state index >= 15 is 4.39 Å². The topological polar surface area (TPSA) is 95.7 Å². The number of hydrogen-bond donors (Lipinski definition) is 0. The summed E-state index contributed by atoms with van der Waals surface area (Å²) in [5, 5.41) is 8.98. The first kappa shape index (κ1) is 19.6. The maximum absolute atomic E-state index is 15.4. The fourth-order valence-corrected chi connectivity index (χ4v) is 3.64. The second-order valence-corrected chi connectivity index (χ2v) is 7.24. The zero-order valence-electron chi connectivity index (χ0n) is 16.2. The number of aromatic nitrogens is 4. The molecule has 150 valence electrons. The van der Waals surface area contributed by atoms with Crippen molar-refractivity contribution in [1.82, 2.24) is 24.8 Å². The van der Waals surface area contributed by atoms with Crippen LogP contribution < -0.4 is 0 Å². The normalized spacial score (nSPS) is 15.4. The Morgan fingerprint density at radius 2 is 1.97 bits per heavy atom. The molecule has 4 heterocycles. The molecule has 3 aromatic heterocycles. The second kappa shape index (κ2) is 8.33. The van der Waals surface area contributed by atoms with Gasteiger partial charge in [-0.2, -0.15) is 5.26 Å². The van der Waals surface area contributed by atoms with Gasteiger partial charge < -0.3 is 4.90 Å². The summed E-state index contributed by atoms with van der Waals surface area (Å²) in [5.41, 5.74) is 0.856. The van der Waals surface area contributed by atoms with Crippen LogP contribution in [0.4, 0.5) is 4.39 Å². The van der Waals surface area contributed by atoms with Gasteiger partial charge in [-0.1, -0.05) is 6.07 Å². The predicted octanol–water partition coefficient (Wildman–Crippen LogP) is 2.99. The van der Waals surface area contributed by atoms with Gasteiger partial charge in [-0.05, 0) is 43.2 Å². The molecule has 0 spiro atoms. The smallest absolute Gasteiger partial charge is 0.256 e. The summed E-state index contributed by atoms with van der Waals surface area (Å²) in [6.45, 7) is 0.594. The lowest BCUT2D eigenvalue weighted by Gasteiger charge is -2.36. The monoisotopic (exact) mass is 402 g/mol. The van der Waals surface area contributed by atoms with Gasteiger partial charge in [0.15, 0.2) is 0 Å². The average Bonchev–Trinajstić information content (AvgIpc) is 2.79. The highest BCUT2D eigenvalue weighted by atomic mass is 19.1. The third-order valence-electron chi connectivity index (χ3n) is 5.23. The van der Waals surface area contributed by atoms with E-state index in [4.69, 9.17) is 5.26 Å². The molecule has 30 heavy (non-hydrogen) atoms. The van der Waals surface area contributed by atoms with E-state index in [2.05, 4.69) is 19.9 Å². The van der Waals surface area contributed by atoms with Gasteiger partial charge in [-0.25, -0.2) is 19.3 Å². The van der Waals surface area contributed by atoms with Crippen LogP contribution in [0, 0.1) is 11.3 Å². The summed E-state index contributed by atoms with van der Waals surface area (Å²) in [7, 11) is 0. The van der Waals surface area contributed by atoms with Crippen molar-refractivity contribution in [3.05, 3.63) is 72.1 Å². The van der Waals surface area contributed by atoms with Gasteiger partial charge in [-0.15, -0.1) is 0 Å². The standard InChI is InChI=1S/C22H19FN6O/c23-22(13-16-3-1-4-17(14-24)28-16)7-11-29(12-8-22)21(30)18-5-2-9-26-20(18)19-6-10-25-15-27-19/h1-6,9-10,15H,7-8,11-13H2. The van der Waals surface area contributed by atoms with Crippen LogP contribution in [0.2, 0.25) is 0 Å². The molecule has 8 heteroatoms. The quantitative estimate of drug-likeness (QED) is 0.666. The van der Waals surface area contributed by atoms with Crippen LogP contribution in [0.1, 0.15) is 34.6 Å². The molecular weight excluding hydrogens is 383 g/mol. The van der Waals surface area contributed by atoms with E-state index in [-0.39, 0.29) is 30.9 Å². The summed E-state index contributed by atoms with van der Waals surface area (Å²) < 4.78 is 15.4. The zero-order valence-corrected chi connectivity index (χ0v) is 16.2. The molecule has 0 radical (unpaired) electrons. The van der Waals surface area contributed by atoms with E-state index in [9.17, 15) is 4.79 Å². The van der Waals surface area contributed by atoms with Gasteiger partial charge in [0.1, 0.15) is 29.5 Å². The molecule has 0 bridgehead atoms. The molecule has 0 aliphatic carbocycles. The number of carbonyl (C=O) groups excluding carboxylic acids is 1. The van der Waals surface area contributed by atoms with Gasteiger partial charge >= 0.3 is 0 Å². The van der Waals surface area contributed by atoms with Crippen molar-refractivity contribution in [1.29, 1.82) is 5.26 Å². The summed E-state index contributed by atoms with van der Waals surface area (Å²) in [5.74, 6) is -0.191. The Bertz CT molecular complexity index is 1090. The van der Waals surface area contributed by atoms with E-state index in [1.165, 1.54) is 6.33 Å². The van der Waals surface area contributed by atoms with E-state index in [0.717, 1.165) is 0 Å². The number of nitrogens with zero attached hydrogens (tertiary/aromatic N) is 6. The van der Waals surface area contributed by atoms with E-state index in [0.29, 0.717) is 35.7 Å². The van der Waals surface area contributed by atoms with Gasteiger partial charge in [0, 0.05) is 37.6 Å². The molecule has 1 saturated heterocycles. The molecule has 0 saturated carbocycles. The fraction of sp³-hybridized carbons (Fsp3) is 0.273. The maximum atomic E-state index is 15.4. The van der Waals surface area contributed by atoms with Crippen LogP contribution in [0.5, 0.6) is 0 Å². The Hall–Kier alpha value is -3.73. The maximum Gasteiger partial charge on any atom is 0.256 e. The molecule has 0 unspecified atom stereocenters. The lowest BCUT2D eigenvalue weighted by Crippen LogP contribution is -2.45. The number of halogens is 1. The van der Waals surface area contributed by atoms with Crippen molar-refractivity contribution >= 4 is 5.91 Å². The molecule has 1 aliphatic rings. The van der Waals surface area contributed by atoms with Gasteiger partial charge in [0.25, 0.3) is 5.91 Å². The van der Waals surface area contributed by atoms with Crippen LogP contribution in [0.15, 0.2) is 55.1 Å². The van der Waals surface area contributed by atoms with E-state index in [1.54, 1.807) is 53.7 Å². The molecule has 4 rings (SSSR count). The van der Waals surface area contributed by atoms with Crippen LogP contribution in [0.3, 0.4) is 0 Å². The minimum absolute atomic E-state index is 0.129. The third kappa shape index (κ3) is 4.15. The number of piperidine rings is 1. The van der Waals surface area contributed by atoms with Crippen molar-refractivity contribution in [2.24, 2.45) is 0 Å². The molecular formula is C22H19FN6O. The molecule has 1 aliphatic heterocycles. The van der Waals surface area contributed by atoms with E-state index < -0.39 is 5.67 Å². The average molecular weight is 402 g/mol. The van der Waals surface area contributed by atoms with Gasteiger partial charge in [0.2, 0.25) is 0 Å². The number of pyridine rings is 2. The first-order valence-electron chi connectivity index (χ1n) is 9.64. The number of likely N-dealkylation sites (tertiary alicyclic amines) is 1. The Morgan fingerprint density at radius 1 is 1.13 bits per heavy atom. The number of hydrogen-bond acceptors (Lipinski definition) is 6. The minimum atomic E-state index is -1.46. The highest BCUT2D eigenvalue weighted by Crippen LogP contribution is 2.31. The van der Waals surface area contributed by atoms with Gasteiger partial charge in [-0.3, -0.25) is 9.78 Å². The van der Waals surface area contributed by atoms with Crippen molar-refractivity contribution < 1.29 is 9.18 Å². The predicted molar refractivity (Wildman–Crippen MR) is 107 cm³/mol. The van der Waals surface area contributed by atoms with Crippen LogP contribution in [-0.4, -0.2) is 49.5 Å². The number of rotatable bonds is 4. The SMILES string of the molecule is N#Cc1cccc(CC2(F)CCN(C(=O)c3cccnc3-c3ccncn3)CC2)n1. The zero-order chi connectivity index (χ0) is 21.0. The van der Waals surface area contributed by atoms with Crippen molar-refractivity contribution in [3.63, 3.8) is 0 Å². The molecule has 0 N–H and O–H groups in total. The Labute approximate surface area is 173 Å². The van der Waals surface area contributed by atoms with Crippen LogP contribution >= 0.6 is 0 Å². The number of carbonyl (C=O) groups is 1. The Morgan fingerprint density at radius 3 is 2.70 bits per heavy atom. The third-order valence-corrected chi connectivity index (χ3v) is 5.23. The summed E-state index contributed by atoms with van der Waals surface area (Å²) >= 11 is 0. The number of alkyl halides is 1. The second-order valence-electron chi connectivity index (χ2n) is 7.24. The molecule has 0 atom stereocenters. The Kier molecular flexibility index (Phi) is 5.44. The first-order valence-corrected chi connectivity index (χ1v) is 9.64. The first-order chi connectivity index (χ1) is 14.6. The molecule has 7 nitrogen and oxygen atoms in total. The highest BCUT2D eigenvalue weighted by Gasteiger charge is 2.37. The van der Waals surface area contributed by atoms with Crippen LogP contribution in [-0.2, 0) is 6.42 Å². The highest BCUT2D eigenvalue weighted by molar-refractivity contribution is 5.99. The number of amides is 1. The van der Waals surface area contributed by atoms with E-state index in [1.807, 2.05) is 6.07 Å². The summed E-state index contributed by atoms with van der Waals surface area (Å²) in [6.07, 6.45) is 5.16. The lowest BCUT2D eigenvalue weighted by molar-refractivity contribution is 0.0434. The van der Waals surface area contributed by atoms with Crippen molar-refractivity contribution in [2.45, 2.75) is 24.9 Å². The van der Waals surface area contributed by atoms with Gasteiger partial charge in [0.05, 0.1) is 11.3 Å². The summed E-state index contributed by atoms with van der Waals surface area (Å²) in [4.78, 5) is 31.3. The van der Waals surface area contributed by atoms with Crippen molar-refractivity contribution in [2.75, 3.05) is 13.1 Å². The summed E-state index contributed by atoms with van der Waals surface area (Å²) in [6, 6.07) is 12.1.